The summed E-state index contributed by atoms with van der Waals surface area (Å²) in [4.78, 5) is 0. The molecule has 2 heteroatoms. The Kier molecular flexibility index (Phi) is 3.29. The molecule has 0 radical (unpaired) electrons. The third-order valence-electron chi connectivity index (χ3n) is 3.97. The van der Waals surface area contributed by atoms with E-state index in [0.29, 0.717) is 0 Å². The smallest absolute Gasteiger partial charge is 0.123 e. The van der Waals surface area contributed by atoms with E-state index in [1.807, 2.05) is 13.0 Å². The number of benzene rings is 1. The lowest BCUT2D eigenvalue weighted by Gasteiger charge is -2.28. The van der Waals surface area contributed by atoms with Crippen molar-refractivity contribution >= 4 is 0 Å². The molecule has 2 N–H and O–H groups in total. The van der Waals surface area contributed by atoms with Gasteiger partial charge in [-0.05, 0) is 61.4 Å². The first-order valence-electron chi connectivity index (χ1n) is 6.10. The Morgan fingerprint density at radius 3 is 2.62 bits per heavy atom. The van der Waals surface area contributed by atoms with Gasteiger partial charge in [-0.2, -0.15) is 0 Å². The average Bonchev–Trinajstić information content (AvgIpc) is 2.73. The summed E-state index contributed by atoms with van der Waals surface area (Å²) in [6, 6.07) is 5.07. The van der Waals surface area contributed by atoms with Crippen molar-refractivity contribution in [2.24, 2.45) is 11.1 Å². The molecule has 1 aliphatic carbocycles. The van der Waals surface area contributed by atoms with E-state index in [1.54, 1.807) is 6.07 Å². The molecular formula is C14H20FN. The van der Waals surface area contributed by atoms with Crippen LogP contribution < -0.4 is 5.73 Å². The van der Waals surface area contributed by atoms with Gasteiger partial charge in [0.15, 0.2) is 0 Å². The summed E-state index contributed by atoms with van der Waals surface area (Å²) in [6.07, 6.45) is 5.86. The lowest BCUT2D eigenvalue weighted by atomic mass is 9.79. The third kappa shape index (κ3) is 2.27. The second-order valence-corrected chi connectivity index (χ2v) is 5.16. The number of halogens is 1. The highest BCUT2D eigenvalue weighted by Crippen LogP contribution is 2.40. The van der Waals surface area contributed by atoms with Crippen LogP contribution in [0, 0.1) is 18.2 Å². The predicted molar refractivity (Wildman–Crippen MR) is 64.8 cm³/mol. The van der Waals surface area contributed by atoms with E-state index in [9.17, 15) is 4.39 Å². The van der Waals surface area contributed by atoms with Gasteiger partial charge < -0.3 is 5.73 Å². The molecule has 1 saturated carbocycles. The van der Waals surface area contributed by atoms with Gasteiger partial charge in [0, 0.05) is 0 Å². The Labute approximate surface area is 96.9 Å². The van der Waals surface area contributed by atoms with Crippen molar-refractivity contribution < 1.29 is 4.39 Å². The van der Waals surface area contributed by atoms with E-state index in [-0.39, 0.29) is 11.2 Å². The second kappa shape index (κ2) is 4.54. The van der Waals surface area contributed by atoms with E-state index in [0.717, 1.165) is 18.5 Å². The lowest BCUT2D eigenvalue weighted by Crippen LogP contribution is -2.30. The van der Waals surface area contributed by atoms with Gasteiger partial charge in [-0.3, -0.25) is 0 Å². The highest BCUT2D eigenvalue weighted by molar-refractivity contribution is 5.28. The normalized spacial score (nSPS) is 18.9. The van der Waals surface area contributed by atoms with Gasteiger partial charge in [0.2, 0.25) is 0 Å². The fourth-order valence-corrected chi connectivity index (χ4v) is 2.81. The summed E-state index contributed by atoms with van der Waals surface area (Å²) in [5, 5.41) is 0. The Balaban J connectivity index is 2.21. The van der Waals surface area contributed by atoms with E-state index < -0.39 is 0 Å². The Morgan fingerprint density at radius 1 is 1.31 bits per heavy atom. The van der Waals surface area contributed by atoms with Crippen molar-refractivity contribution in [1.82, 2.24) is 0 Å². The highest BCUT2D eigenvalue weighted by Gasteiger charge is 2.32. The van der Waals surface area contributed by atoms with Gasteiger partial charge in [-0.1, -0.05) is 18.9 Å². The molecular weight excluding hydrogens is 201 g/mol. The van der Waals surface area contributed by atoms with Crippen LogP contribution in [0.5, 0.6) is 0 Å². The molecule has 0 unspecified atom stereocenters. The standard InChI is InChI=1S/C14H20FN/c1-11-4-5-13(15)8-12(11)9-14(10-16)6-2-3-7-14/h4-5,8H,2-3,6-7,9-10,16H2,1H3. The van der Waals surface area contributed by atoms with Crippen molar-refractivity contribution in [2.75, 3.05) is 6.54 Å². The molecule has 16 heavy (non-hydrogen) atoms. The first-order chi connectivity index (χ1) is 7.65. The molecule has 0 saturated heterocycles. The van der Waals surface area contributed by atoms with Crippen molar-refractivity contribution in [3.8, 4) is 0 Å². The molecule has 1 aromatic carbocycles. The van der Waals surface area contributed by atoms with Crippen LogP contribution in [0.15, 0.2) is 18.2 Å². The molecule has 0 aromatic heterocycles. The van der Waals surface area contributed by atoms with E-state index in [1.165, 1.54) is 37.3 Å². The first kappa shape index (κ1) is 11.6. The van der Waals surface area contributed by atoms with Crippen LogP contribution >= 0.6 is 0 Å². The molecule has 0 amide bonds. The van der Waals surface area contributed by atoms with Gasteiger partial charge in [0.05, 0.1) is 0 Å². The van der Waals surface area contributed by atoms with Gasteiger partial charge >= 0.3 is 0 Å². The van der Waals surface area contributed by atoms with Crippen molar-refractivity contribution in [1.29, 1.82) is 0 Å². The Hall–Kier alpha value is -0.890. The maximum absolute atomic E-state index is 13.2. The van der Waals surface area contributed by atoms with Crippen molar-refractivity contribution in [3.05, 3.63) is 35.1 Å². The molecule has 1 aliphatic rings. The molecule has 1 fully saturated rings. The van der Waals surface area contributed by atoms with E-state index >= 15 is 0 Å². The summed E-state index contributed by atoms with van der Waals surface area (Å²) < 4.78 is 13.2. The minimum atomic E-state index is -0.134. The van der Waals surface area contributed by atoms with Crippen LogP contribution in [-0.2, 0) is 6.42 Å². The zero-order valence-corrected chi connectivity index (χ0v) is 9.93. The first-order valence-corrected chi connectivity index (χ1v) is 6.10. The molecule has 0 bridgehead atoms. The van der Waals surface area contributed by atoms with Crippen LogP contribution in [0.4, 0.5) is 4.39 Å². The quantitative estimate of drug-likeness (QED) is 0.833. The molecule has 2 rings (SSSR count). The summed E-state index contributed by atoms with van der Waals surface area (Å²) in [7, 11) is 0. The van der Waals surface area contributed by atoms with Gasteiger partial charge in [-0.15, -0.1) is 0 Å². The van der Waals surface area contributed by atoms with Crippen LogP contribution in [0.1, 0.15) is 36.8 Å². The number of aryl methyl sites for hydroxylation is 1. The van der Waals surface area contributed by atoms with Crippen LogP contribution in [0.3, 0.4) is 0 Å². The van der Waals surface area contributed by atoms with Crippen LogP contribution in [0.25, 0.3) is 0 Å². The van der Waals surface area contributed by atoms with Crippen molar-refractivity contribution in [3.63, 3.8) is 0 Å². The monoisotopic (exact) mass is 221 g/mol. The van der Waals surface area contributed by atoms with Crippen LogP contribution in [-0.4, -0.2) is 6.54 Å². The SMILES string of the molecule is Cc1ccc(F)cc1CC1(CN)CCCC1. The molecule has 0 heterocycles. The van der Waals surface area contributed by atoms with E-state index in [4.69, 9.17) is 5.73 Å². The summed E-state index contributed by atoms with van der Waals surface area (Å²) >= 11 is 0. The topological polar surface area (TPSA) is 26.0 Å². The molecule has 0 atom stereocenters. The Bertz CT molecular complexity index is 367. The summed E-state index contributed by atoms with van der Waals surface area (Å²) in [5.74, 6) is -0.134. The number of hydrogen-bond acceptors (Lipinski definition) is 1. The molecule has 1 aromatic rings. The van der Waals surface area contributed by atoms with Crippen LogP contribution in [0.2, 0.25) is 0 Å². The van der Waals surface area contributed by atoms with Crippen molar-refractivity contribution in [2.45, 2.75) is 39.0 Å². The molecule has 1 nitrogen and oxygen atoms in total. The number of rotatable bonds is 3. The molecule has 0 aliphatic heterocycles. The maximum Gasteiger partial charge on any atom is 0.123 e. The minimum absolute atomic E-state index is 0.134. The second-order valence-electron chi connectivity index (χ2n) is 5.16. The number of hydrogen-bond donors (Lipinski definition) is 1. The van der Waals surface area contributed by atoms with Gasteiger partial charge in [0.1, 0.15) is 5.82 Å². The largest absolute Gasteiger partial charge is 0.330 e. The zero-order chi connectivity index (χ0) is 11.6. The minimum Gasteiger partial charge on any atom is -0.330 e. The summed E-state index contributed by atoms with van der Waals surface area (Å²) in [5.41, 5.74) is 8.46. The zero-order valence-electron chi connectivity index (χ0n) is 9.93. The fourth-order valence-electron chi connectivity index (χ4n) is 2.81. The predicted octanol–water partition coefficient (Wildman–Crippen LogP) is 3.20. The summed E-state index contributed by atoms with van der Waals surface area (Å²) in [6.45, 7) is 2.77. The van der Waals surface area contributed by atoms with Gasteiger partial charge in [0.25, 0.3) is 0 Å². The lowest BCUT2D eigenvalue weighted by molar-refractivity contribution is 0.305. The average molecular weight is 221 g/mol. The molecule has 88 valence electrons. The van der Waals surface area contributed by atoms with E-state index in [2.05, 4.69) is 0 Å². The number of nitrogens with two attached hydrogens (primary N) is 1. The Morgan fingerprint density at radius 2 is 2.00 bits per heavy atom. The highest BCUT2D eigenvalue weighted by atomic mass is 19.1. The molecule has 0 spiro atoms. The maximum atomic E-state index is 13.2. The van der Waals surface area contributed by atoms with Gasteiger partial charge in [-0.25, -0.2) is 4.39 Å². The third-order valence-corrected chi connectivity index (χ3v) is 3.97. The fraction of sp³-hybridized carbons (Fsp3) is 0.571.